The van der Waals surface area contributed by atoms with Crippen LogP contribution in [0.2, 0.25) is 0 Å². The van der Waals surface area contributed by atoms with Crippen LogP contribution in [-0.2, 0) is 14.8 Å². The summed E-state index contributed by atoms with van der Waals surface area (Å²) in [5.41, 5.74) is 1.02. The molecule has 11 nitrogen and oxygen atoms in total. The monoisotopic (exact) mass is 457 g/mol. The van der Waals surface area contributed by atoms with Crippen molar-refractivity contribution in [2.45, 2.75) is 6.92 Å². The molecule has 1 amide bonds. The third-order valence-electron chi connectivity index (χ3n) is 4.11. The van der Waals surface area contributed by atoms with Crippen molar-refractivity contribution >= 4 is 71.3 Å². The Morgan fingerprint density at radius 3 is 2.74 bits per heavy atom. The Hall–Kier alpha value is -3.71. The van der Waals surface area contributed by atoms with E-state index in [2.05, 4.69) is 34.6 Å². The fourth-order valence-electron chi connectivity index (χ4n) is 2.95. The molecule has 0 aliphatic heterocycles. The quantitative estimate of drug-likeness (QED) is 0.304. The minimum Gasteiger partial charge on any atom is -0.505 e. The van der Waals surface area contributed by atoms with Crippen LogP contribution in [0.15, 0.2) is 47.0 Å². The Labute approximate surface area is 180 Å². The van der Waals surface area contributed by atoms with E-state index in [1.165, 1.54) is 25.4 Å². The summed E-state index contributed by atoms with van der Waals surface area (Å²) in [6, 6.07) is 6.10. The molecule has 13 heteroatoms. The number of aromatic hydroxyl groups is 1. The highest BCUT2D eigenvalue weighted by Gasteiger charge is 2.17. The molecular formula is C18H15N7O4S2. The number of azo groups is 1. The topological polar surface area (TPSA) is 159 Å². The number of nitrogens with one attached hydrogen (secondary N) is 2. The van der Waals surface area contributed by atoms with E-state index in [9.17, 15) is 18.3 Å². The van der Waals surface area contributed by atoms with Gasteiger partial charge in [0.15, 0.2) is 10.6 Å². The fraction of sp³-hybridized carbons (Fsp3) is 0.111. The molecule has 0 radical (unpaired) electrons. The lowest BCUT2D eigenvalue weighted by atomic mass is 10.0. The molecule has 158 valence electrons. The number of rotatable bonds is 5. The molecule has 31 heavy (non-hydrogen) atoms. The minimum absolute atomic E-state index is 0.114. The molecule has 0 aliphatic rings. The molecule has 2 heterocycles. The van der Waals surface area contributed by atoms with Crippen LogP contribution in [0.25, 0.3) is 21.8 Å². The Morgan fingerprint density at radius 2 is 2.00 bits per heavy atom. The second-order valence-electron chi connectivity index (χ2n) is 6.52. The van der Waals surface area contributed by atoms with Crippen LogP contribution < -0.4 is 10.0 Å². The van der Waals surface area contributed by atoms with Gasteiger partial charge in [-0.1, -0.05) is 12.1 Å². The predicted octanol–water partition coefficient (Wildman–Crippen LogP) is 3.69. The van der Waals surface area contributed by atoms with Gasteiger partial charge in [-0.3, -0.25) is 9.52 Å². The SMILES string of the molecule is CC(=O)Nc1cc(N=Nc2snc3ncncc23)c2c(NS(C)(=O)=O)cccc2c1O. The normalized spacial score (nSPS) is 11.9. The second-order valence-corrected chi connectivity index (χ2v) is 9.02. The molecule has 0 spiro atoms. The summed E-state index contributed by atoms with van der Waals surface area (Å²) in [5, 5.41) is 23.3. The Morgan fingerprint density at radius 1 is 1.19 bits per heavy atom. The third-order valence-corrected chi connectivity index (χ3v) is 5.44. The molecule has 2 aromatic heterocycles. The van der Waals surface area contributed by atoms with Crippen molar-refractivity contribution in [2.24, 2.45) is 10.2 Å². The van der Waals surface area contributed by atoms with Gasteiger partial charge in [-0.2, -0.15) is 4.37 Å². The molecule has 2 aromatic carbocycles. The standard InChI is InChI=1S/C18H15N7O4S2/c1-9(26)21-14-6-13(22-23-18-11-7-19-8-20-17(11)24-30-18)15-10(16(14)27)4-3-5-12(15)25-31(2,28)29/h3-8,25,27H,1-2H3,(H,21,26). The van der Waals surface area contributed by atoms with Gasteiger partial charge in [0.25, 0.3) is 0 Å². The van der Waals surface area contributed by atoms with Crippen LogP contribution in [0.5, 0.6) is 5.75 Å². The number of carbonyl (C=O) groups excluding carboxylic acids is 1. The Balaban J connectivity index is 1.94. The van der Waals surface area contributed by atoms with Crippen molar-refractivity contribution in [2.75, 3.05) is 16.3 Å². The molecule has 0 saturated carbocycles. The smallest absolute Gasteiger partial charge is 0.229 e. The number of sulfonamides is 1. The number of phenols is 1. The van der Waals surface area contributed by atoms with Crippen LogP contribution in [0.3, 0.4) is 0 Å². The number of hydrogen-bond donors (Lipinski definition) is 3. The maximum Gasteiger partial charge on any atom is 0.229 e. The highest BCUT2D eigenvalue weighted by molar-refractivity contribution is 7.92. The number of hydrogen-bond acceptors (Lipinski definition) is 10. The first-order valence-corrected chi connectivity index (χ1v) is 11.4. The molecule has 0 atom stereocenters. The second kappa shape index (κ2) is 7.85. The number of fused-ring (bicyclic) bond motifs is 2. The Bertz CT molecular complexity index is 1460. The van der Waals surface area contributed by atoms with E-state index in [0.717, 1.165) is 17.8 Å². The van der Waals surface area contributed by atoms with Crippen LogP contribution in [0, 0.1) is 0 Å². The van der Waals surface area contributed by atoms with Crippen molar-refractivity contribution in [3.05, 3.63) is 36.8 Å². The molecule has 0 saturated heterocycles. The zero-order valence-electron chi connectivity index (χ0n) is 16.2. The summed E-state index contributed by atoms with van der Waals surface area (Å²) in [7, 11) is -3.61. The third kappa shape index (κ3) is 4.27. The van der Waals surface area contributed by atoms with E-state index in [4.69, 9.17) is 0 Å². The average Bonchev–Trinajstić information content (AvgIpc) is 3.11. The Kier molecular flexibility index (Phi) is 5.20. The van der Waals surface area contributed by atoms with Gasteiger partial charge < -0.3 is 10.4 Å². The number of aromatic nitrogens is 3. The number of phenolic OH excluding ortho intramolecular Hbond substituents is 1. The largest absolute Gasteiger partial charge is 0.505 e. The molecule has 0 aliphatic carbocycles. The lowest BCUT2D eigenvalue weighted by Gasteiger charge is -2.14. The van der Waals surface area contributed by atoms with Crippen LogP contribution in [0.4, 0.5) is 22.1 Å². The fourth-order valence-corrected chi connectivity index (χ4v) is 4.16. The number of nitrogens with zero attached hydrogens (tertiary/aromatic N) is 5. The van der Waals surface area contributed by atoms with Gasteiger partial charge in [0, 0.05) is 23.9 Å². The summed E-state index contributed by atoms with van der Waals surface area (Å²) in [6.45, 7) is 1.30. The van der Waals surface area contributed by atoms with Gasteiger partial charge in [0.1, 0.15) is 12.1 Å². The first kappa shape index (κ1) is 20.6. The first-order valence-electron chi connectivity index (χ1n) is 8.74. The van der Waals surface area contributed by atoms with E-state index < -0.39 is 15.9 Å². The number of benzene rings is 2. The average molecular weight is 457 g/mol. The highest BCUT2D eigenvalue weighted by atomic mass is 32.2. The molecule has 4 aromatic rings. The van der Waals surface area contributed by atoms with E-state index in [1.54, 1.807) is 18.3 Å². The van der Waals surface area contributed by atoms with E-state index >= 15 is 0 Å². The van der Waals surface area contributed by atoms with E-state index in [1.807, 2.05) is 0 Å². The lowest BCUT2D eigenvalue weighted by molar-refractivity contribution is -0.114. The predicted molar refractivity (Wildman–Crippen MR) is 118 cm³/mol. The van der Waals surface area contributed by atoms with Gasteiger partial charge in [-0.15, -0.1) is 10.2 Å². The molecular weight excluding hydrogens is 442 g/mol. The van der Waals surface area contributed by atoms with Gasteiger partial charge in [-0.05, 0) is 23.7 Å². The van der Waals surface area contributed by atoms with Crippen LogP contribution >= 0.6 is 11.5 Å². The van der Waals surface area contributed by atoms with Crippen LogP contribution in [0.1, 0.15) is 6.92 Å². The van der Waals surface area contributed by atoms with Crippen molar-refractivity contribution in [1.82, 2.24) is 14.3 Å². The number of carbonyl (C=O) groups is 1. The van der Waals surface area contributed by atoms with Gasteiger partial charge in [0.2, 0.25) is 15.9 Å². The number of amides is 1. The molecule has 0 unspecified atom stereocenters. The highest BCUT2D eigenvalue weighted by Crippen LogP contribution is 2.44. The van der Waals surface area contributed by atoms with E-state index in [0.29, 0.717) is 21.4 Å². The van der Waals surface area contributed by atoms with Crippen molar-refractivity contribution in [1.29, 1.82) is 0 Å². The first-order chi connectivity index (χ1) is 14.7. The lowest BCUT2D eigenvalue weighted by Crippen LogP contribution is -2.10. The van der Waals surface area contributed by atoms with Crippen molar-refractivity contribution in [3.8, 4) is 5.75 Å². The van der Waals surface area contributed by atoms with Gasteiger partial charge >= 0.3 is 0 Å². The van der Waals surface area contributed by atoms with Crippen molar-refractivity contribution < 1.29 is 18.3 Å². The van der Waals surface area contributed by atoms with Gasteiger partial charge in [0.05, 0.1) is 28.7 Å². The molecule has 4 rings (SSSR count). The summed E-state index contributed by atoms with van der Waals surface area (Å²) >= 11 is 1.08. The molecule has 0 fully saturated rings. The summed E-state index contributed by atoms with van der Waals surface area (Å²) in [4.78, 5) is 19.6. The summed E-state index contributed by atoms with van der Waals surface area (Å²) in [5.74, 6) is -0.619. The molecule has 3 N–H and O–H groups in total. The minimum atomic E-state index is -3.61. The van der Waals surface area contributed by atoms with Gasteiger partial charge in [-0.25, -0.2) is 18.4 Å². The zero-order chi connectivity index (χ0) is 22.2. The maximum atomic E-state index is 11.8. The summed E-state index contributed by atoms with van der Waals surface area (Å²) in [6.07, 6.45) is 3.95. The summed E-state index contributed by atoms with van der Waals surface area (Å²) < 4.78 is 30.3. The van der Waals surface area contributed by atoms with Crippen molar-refractivity contribution in [3.63, 3.8) is 0 Å². The number of anilines is 2. The van der Waals surface area contributed by atoms with E-state index in [-0.39, 0.29) is 28.2 Å². The maximum absolute atomic E-state index is 11.8. The zero-order valence-corrected chi connectivity index (χ0v) is 17.8. The molecule has 0 bridgehead atoms. The van der Waals surface area contributed by atoms with Crippen LogP contribution in [-0.4, -0.2) is 40.0 Å².